The van der Waals surface area contributed by atoms with Crippen LogP contribution in [0.25, 0.3) is 0 Å². The van der Waals surface area contributed by atoms with Crippen molar-refractivity contribution in [3.8, 4) is 11.5 Å². The second-order valence-corrected chi connectivity index (χ2v) is 3.76. The van der Waals surface area contributed by atoms with E-state index in [-0.39, 0.29) is 22.6 Å². The van der Waals surface area contributed by atoms with Crippen LogP contribution in [0.2, 0.25) is 0 Å². The Morgan fingerprint density at radius 2 is 1.12 bits per heavy atom. The second-order valence-electron chi connectivity index (χ2n) is 3.76. The Kier molecular flexibility index (Phi) is 2.08. The number of allylic oxidation sites excluding steroid dienone is 2. The number of phenolic OH excluding ortho intramolecular Hbond substituents is 2. The van der Waals surface area contributed by atoms with Gasteiger partial charge in [-0.15, -0.1) is 0 Å². The van der Waals surface area contributed by atoms with Crippen molar-refractivity contribution < 1.29 is 19.8 Å². The number of aromatic hydroxyl groups is 2. The fourth-order valence-electron chi connectivity index (χ4n) is 1.76. The van der Waals surface area contributed by atoms with Gasteiger partial charge in [-0.05, 0) is 37.1 Å². The summed E-state index contributed by atoms with van der Waals surface area (Å²) in [5.74, 6) is -1.39. The van der Waals surface area contributed by atoms with Crippen LogP contribution in [0.3, 0.4) is 0 Å². The fourth-order valence-corrected chi connectivity index (χ4v) is 1.76. The number of phenols is 2. The summed E-state index contributed by atoms with van der Waals surface area (Å²) in [4.78, 5) is 23.1. The predicted molar refractivity (Wildman–Crippen MR) is 57.0 cm³/mol. The van der Waals surface area contributed by atoms with Crippen LogP contribution in [0.4, 0.5) is 0 Å². The van der Waals surface area contributed by atoms with E-state index in [0.717, 1.165) is 12.2 Å². The molecular formula is C12H10O4. The molecule has 16 heavy (non-hydrogen) atoms. The predicted octanol–water partition coefficient (Wildman–Crippen LogP) is 1.65. The first kappa shape index (κ1) is 10.4. The lowest BCUT2D eigenvalue weighted by Crippen LogP contribution is -2.13. The van der Waals surface area contributed by atoms with Crippen LogP contribution in [-0.4, -0.2) is 21.8 Å². The minimum absolute atomic E-state index is 0.104. The third-order valence-corrected chi connectivity index (χ3v) is 2.88. The highest BCUT2D eigenvalue weighted by atomic mass is 16.3. The summed E-state index contributed by atoms with van der Waals surface area (Å²) in [6, 6.07) is 0. The molecule has 0 aliphatic heterocycles. The van der Waals surface area contributed by atoms with Gasteiger partial charge in [-0.1, -0.05) is 0 Å². The first-order valence-electron chi connectivity index (χ1n) is 4.77. The van der Waals surface area contributed by atoms with Gasteiger partial charge >= 0.3 is 0 Å². The Morgan fingerprint density at radius 1 is 0.812 bits per heavy atom. The zero-order chi connectivity index (χ0) is 12.0. The first-order chi connectivity index (χ1) is 7.45. The van der Waals surface area contributed by atoms with E-state index in [9.17, 15) is 19.8 Å². The van der Waals surface area contributed by atoms with E-state index in [2.05, 4.69) is 0 Å². The van der Waals surface area contributed by atoms with Crippen molar-refractivity contribution in [1.29, 1.82) is 0 Å². The summed E-state index contributed by atoms with van der Waals surface area (Å²) in [5, 5.41) is 19.6. The average Bonchev–Trinajstić information content (AvgIpc) is 2.26. The molecule has 1 aliphatic rings. The van der Waals surface area contributed by atoms with E-state index < -0.39 is 11.6 Å². The standard InChI is InChI=1S/C12H10O4/c1-5-6(2)12(16)10-8(14)4-3-7(13)9(10)11(5)15/h3-4,15-16H,1-2H3. The second kappa shape index (κ2) is 3.20. The molecule has 0 atom stereocenters. The molecule has 0 fully saturated rings. The van der Waals surface area contributed by atoms with Crippen LogP contribution in [0.15, 0.2) is 12.2 Å². The van der Waals surface area contributed by atoms with Crippen molar-refractivity contribution in [3.05, 3.63) is 34.4 Å². The lowest BCUT2D eigenvalue weighted by Gasteiger charge is -2.16. The molecule has 2 rings (SSSR count). The lowest BCUT2D eigenvalue weighted by atomic mass is 9.88. The summed E-state index contributed by atoms with van der Waals surface area (Å²) < 4.78 is 0. The van der Waals surface area contributed by atoms with Crippen LogP contribution in [0, 0.1) is 13.8 Å². The van der Waals surface area contributed by atoms with E-state index in [4.69, 9.17) is 0 Å². The number of benzene rings is 1. The van der Waals surface area contributed by atoms with Gasteiger partial charge in [0, 0.05) is 0 Å². The molecular weight excluding hydrogens is 208 g/mol. The maximum Gasteiger partial charge on any atom is 0.190 e. The SMILES string of the molecule is Cc1c(C)c(O)c2c(c1O)C(=O)C=CC2=O. The maximum absolute atomic E-state index is 11.6. The zero-order valence-electron chi connectivity index (χ0n) is 8.87. The van der Waals surface area contributed by atoms with Crippen molar-refractivity contribution in [3.63, 3.8) is 0 Å². The van der Waals surface area contributed by atoms with Crippen molar-refractivity contribution in [2.24, 2.45) is 0 Å². The van der Waals surface area contributed by atoms with Gasteiger partial charge in [0.05, 0.1) is 11.1 Å². The maximum atomic E-state index is 11.6. The van der Waals surface area contributed by atoms with Crippen molar-refractivity contribution in [2.45, 2.75) is 13.8 Å². The number of ketones is 2. The molecule has 0 aromatic heterocycles. The third-order valence-electron chi connectivity index (χ3n) is 2.88. The Hall–Kier alpha value is -2.10. The minimum Gasteiger partial charge on any atom is -0.507 e. The van der Waals surface area contributed by atoms with E-state index in [1.165, 1.54) is 0 Å². The van der Waals surface area contributed by atoms with Gasteiger partial charge in [0.1, 0.15) is 11.5 Å². The summed E-state index contributed by atoms with van der Waals surface area (Å²) >= 11 is 0. The molecule has 1 aromatic carbocycles. The molecule has 0 amide bonds. The number of fused-ring (bicyclic) bond motifs is 1. The number of hydrogen-bond donors (Lipinski definition) is 2. The fraction of sp³-hybridized carbons (Fsp3) is 0.167. The van der Waals surface area contributed by atoms with Gasteiger partial charge in [-0.25, -0.2) is 0 Å². The third kappa shape index (κ3) is 1.16. The first-order valence-corrected chi connectivity index (χ1v) is 4.77. The van der Waals surface area contributed by atoms with Crippen LogP contribution < -0.4 is 0 Å². The topological polar surface area (TPSA) is 74.6 Å². The van der Waals surface area contributed by atoms with Gasteiger partial charge in [-0.3, -0.25) is 9.59 Å². The highest BCUT2D eigenvalue weighted by Crippen LogP contribution is 2.38. The molecule has 1 aromatic rings. The van der Waals surface area contributed by atoms with Gasteiger partial charge < -0.3 is 10.2 Å². The Morgan fingerprint density at radius 3 is 1.44 bits per heavy atom. The molecule has 0 saturated carbocycles. The van der Waals surface area contributed by atoms with E-state index in [1.54, 1.807) is 13.8 Å². The molecule has 4 nitrogen and oxygen atoms in total. The molecule has 2 N–H and O–H groups in total. The Bertz CT molecular complexity index is 504. The molecule has 1 aliphatic carbocycles. The normalized spacial score (nSPS) is 14.1. The molecule has 0 spiro atoms. The van der Waals surface area contributed by atoms with Crippen molar-refractivity contribution in [1.82, 2.24) is 0 Å². The van der Waals surface area contributed by atoms with Crippen molar-refractivity contribution in [2.75, 3.05) is 0 Å². The van der Waals surface area contributed by atoms with Gasteiger partial charge in [0.25, 0.3) is 0 Å². The number of hydrogen-bond acceptors (Lipinski definition) is 4. The highest BCUT2D eigenvalue weighted by molar-refractivity contribution is 6.24. The van der Waals surface area contributed by atoms with Crippen molar-refractivity contribution >= 4 is 11.6 Å². The number of carbonyl (C=O) groups excluding carboxylic acids is 2. The zero-order valence-corrected chi connectivity index (χ0v) is 8.87. The quantitative estimate of drug-likeness (QED) is 0.649. The van der Waals surface area contributed by atoms with Gasteiger partial charge in [-0.2, -0.15) is 0 Å². The molecule has 82 valence electrons. The Labute approximate surface area is 91.8 Å². The average molecular weight is 218 g/mol. The molecule has 0 unspecified atom stereocenters. The van der Waals surface area contributed by atoms with E-state index in [0.29, 0.717) is 11.1 Å². The summed E-state index contributed by atoms with van der Waals surface area (Å²) in [5.41, 5.74) is 0.613. The van der Waals surface area contributed by atoms with Crippen LogP contribution in [0.5, 0.6) is 11.5 Å². The monoisotopic (exact) mass is 218 g/mol. The number of carbonyl (C=O) groups is 2. The molecule has 0 radical (unpaired) electrons. The summed E-state index contributed by atoms with van der Waals surface area (Å²) in [6.45, 7) is 3.17. The van der Waals surface area contributed by atoms with Gasteiger partial charge in [0.2, 0.25) is 0 Å². The van der Waals surface area contributed by atoms with Crippen LogP contribution in [-0.2, 0) is 0 Å². The smallest absolute Gasteiger partial charge is 0.190 e. The summed E-state index contributed by atoms with van der Waals surface area (Å²) in [6.07, 6.45) is 2.19. The highest BCUT2D eigenvalue weighted by Gasteiger charge is 2.29. The van der Waals surface area contributed by atoms with E-state index >= 15 is 0 Å². The molecule has 4 heteroatoms. The Balaban J connectivity index is 2.94. The van der Waals surface area contributed by atoms with E-state index in [1.807, 2.05) is 0 Å². The largest absolute Gasteiger partial charge is 0.507 e. The molecule has 0 heterocycles. The lowest BCUT2D eigenvalue weighted by molar-refractivity contribution is 0.0989. The van der Waals surface area contributed by atoms with Crippen LogP contribution in [0.1, 0.15) is 31.8 Å². The van der Waals surface area contributed by atoms with Crippen LogP contribution >= 0.6 is 0 Å². The molecule has 0 saturated heterocycles. The number of rotatable bonds is 0. The summed E-state index contributed by atoms with van der Waals surface area (Å²) in [7, 11) is 0. The minimum atomic E-state index is -0.467. The van der Waals surface area contributed by atoms with Gasteiger partial charge in [0.15, 0.2) is 11.6 Å². The molecule has 0 bridgehead atoms.